The maximum Gasteiger partial charge on any atom is 0.180 e. The lowest BCUT2D eigenvalue weighted by Gasteiger charge is -2.13. The number of hydrogen-bond donors (Lipinski definition) is 1. The van der Waals surface area contributed by atoms with Gasteiger partial charge in [-0.25, -0.2) is 8.78 Å². The first-order chi connectivity index (χ1) is 11.5. The minimum absolute atomic E-state index is 0.0285. The highest BCUT2D eigenvalue weighted by Crippen LogP contribution is 2.39. The van der Waals surface area contributed by atoms with Gasteiger partial charge in [0, 0.05) is 24.6 Å². The van der Waals surface area contributed by atoms with Crippen LogP contribution in [0.1, 0.15) is 16.7 Å². The molecule has 1 aliphatic heterocycles. The number of benzene rings is 2. The van der Waals surface area contributed by atoms with E-state index in [0.717, 1.165) is 0 Å². The fourth-order valence-corrected chi connectivity index (χ4v) is 2.91. The molecule has 2 aromatic rings. The predicted octanol–water partition coefficient (Wildman–Crippen LogP) is 4.31. The Kier molecular flexibility index (Phi) is 4.49. The number of fused-ring (bicyclic) bond motifs is 1. The summed E-state index contributed by atoms with van der Waals surface area (Å²) in [6.07, 6.45) is 2.28. The summed E-state index contributed by atoms with van der Waals surface area (Å²) < 4.78 is 32.6. The van der Waals surface area contributed by atoms with E-state index in [0.29, 0.717) is 28.8 Å². The van der Waals surface area contributed by atoms with Gasteiger partial charge < -0.3 is 9.94 Å². The monoisotopic (exact) mass is 350 g/mol. The van der Waals surface area contributed by atoms with Gasteiger partial charge in [0.05, 0.1) is 17.8 Å². The van der Waals surface area contributed by atoms with Gasteiger partial charge in [-0.3, -0.25) is 4.99 Å². The summed E-state index contributed by atoms with van der Waals surface area (Å²) in [4.78, 5) is 4.14. The fourth-order valence-electron chi connectivity index (χ4n) is 2.71. The number of ether oxygens (including phenoxy) is 1. The first-order valence-electron chi connectivity index (χ1n) is 7.12. The summed E-state index contributed by atoms with van der Waals surface area (Å²) >= 11 is 5.77. The molecule has 0 aliphatic carbocycles. The third-order valence-electron chi connectivity index (χ3n) is 3.82. The Labute approximate surface area is 142 Å². The van der Waals surface area contributed by atoms with Crippen LogP contribution in [0, 0.1) is 11.6 Å². The average molecular weight is 351 g/mol. The molecule has 0 radical (unpaired) electrons. The van der Waals surface area contributed by atoms with Crippen LogP contribution in [-0.2, 0) is 12.8 Å². The van der Waals surface area contributed by atoms with Crippen LogP contribution in [0.15, 0.2) is 34.4 Å². The Morgan fingerprint density at radius 2 is 2.12 bits per heavy atom. The normalized spacial score (nSPS) is 13.2. The van der Waals surface area contributed by atoms with Crippen LogP contribution in [0.2, 0.25) is 5.02 Å². The number of nitrogens with zero attached hydrogens (tertiary/aromatic N) is 2. The van der Waals surface area contributed by atoms with Gasteiger partial charge in [0.15, 0.2) is 11.6 Å². The molecule has 3 rings (SSSR count). The molecule has 0 saturated carbocycles. The van der Waals surface area contributed by atoms with Crippen LogP contribution < -0.4 is 4.74 Å². The molecule has 0 atom stereocenters. The van der Waals surface area contributed by atoms with Crippen LogP contribution >= 0.6 is 11.6 Å². The van der Waals surface area contributed by atoms with Gasteiger partial charge in [0.2, 0.25) is 0 Å². The highest BCUT2D eigenvalue weighted by molar-refractivity contribution is 6.30. The molecule has 0 amide bonds. The van der Waals surface area contributed by atoms with Crippen molar-refractivity contribution < 1.29 is 18.7 Å². The highest BCUT2D eigenvalue weighted by Gasteiger charge is 2.24. The topological polar surface area (TPSA) is 54.2 Å². The Morgan fingerprint density at radius 1 is 1.33 bits per heavy atom. The number of hydrogen-bond acceptors (Lipinski definition) is 4. The Hall–Kier alpha value is -2.47. The second kappa shape index (κ2) is 6.57. The molecule has 0 fully saturated rings. The van der Waals surface area contributed by atoms with Crippen molar-refractivity contribution in [2.75, 3.05) is 7.11 Å². The second-order valence-corrected chi connectivity index (χ2v) is 5.66. The molecule has 0 saturated heterocycles. The number of rotatable bonds is 4. The molecule has 7 heteroatoms. The zero-order chi connectivity index (χ0) is 17.3. The maximum atomic E-state index is 14.3. The van der Waals surface area contributed by atoms with Crippen molar-refractivity contribution in [2.45, 2.75) is 12.8 Å². The van der Waals surface area contributed by atoms with E-state index in [1.54, 1.807) is 6.21 Å². The molecule has 1 aliphatic rings. The van der Waals surface area contributed by atoms with E-state index in [1.807, 2.05) is 0 Å². The van der Waals surface area contributed by atoms with Crippen LogP contribution in [0.4, 0.5) is 14.5 Å². The van der Waals surface area contributed by atoms with Crippen molar-refractivity contribution in [2.24, 2.45) is 10.1 Å². The summed E-state index contributed by atoms with van der Waals surface area (Å²) in [5.74, 6) is -1.07. The van der Waals surface area contributed by atoms with E-state index < -0.39 is 11.6 Å². The van der Waals surface area contributed by atoms with Crippen molar-refractivity contribution in [3.05, 3.63) is 57.6 Å². The van der Waals surface area contributed by atoms with Crippen molar-refractivity contribution in [3.8, 4) is 5.75 Å². The largest absolute Gasteiger partial charge is 0.491 e. The van der Waals surface area contributed by atoms with Crippen LogP contribution in [0.25, 0.3) is 0 Å². The second-order valence-electron chi connectivity index (χ2n) is 5.25. The lowest BCUT2D eigenvalue weighted by molar-refractivity contribution is 0.318. The minimum Gasteiger partial charge on any atom is -0.491 e. The molecule has 0 spiro atoms. The third-order valence-corrected chi connectivity index (χ3v) is 4.11. The van der Waals surface area contributed by atoms with E-state index in [1.165, 1.54) is 31.4 Å². The van der Waals surface area contributed by atoms with Crippen molar-refractivity contribution in [1.82, 2.24) is 0 Å². The molecule has 0 aromatic heterocycles. The summed E-state index contributed by atoms with van der Waals surface area (Å²) in [7, 11) is 1.37. The third kappa shape index (κ3) is 2.85. The van der Waals surface area contributed by atoms with Gasteiger partial charge in [-0.15, -0.1) is 0 Å². The first kappa shape index (κ1) is 16.4. The van der Waals surface area contributed by atoms with Gasteiger partial charge in [-0.05, 0) is 29.3 Å². The van der Waals surface area contributed by atoms with Crippen LogP contribution in [0.5, 0.6) is 5.75 Å². The first-order valence-corrected chi connectivity index (χ1v) is 7.50. The van der Waals surface area contributed by atoms with E-state index in [9.17, 15) is 14.0 Å². The van der Waals surface area contributed by atoms with Gasteiger partial charge >= 0.3 is 0 Å². The van der Waals surface area contributed by atoms with Crippen molar-refractivity contribution in [3.63, 3.8) is 0 Å². The zero-order valence-corrected chi connectivity index (χ0v) is 13.4. The molecule has 124 valence electrons. The molecule has 1 heterocycles. The van der Waals surface area contributed by atoms with Crippen LogP contribution in [0.3, 0.4) is 0 Å². The number of aliphatic imine (C=N–C) groups is 1. The van der Waals surface area contributed by atoms with Gasteiger partial charge in [0.25, 0.3) is 0 Å². The lowest BCUT2D eigenvalue weighted by atomic mass is 9.95. The fraction of sp³-hybridized carbons (Fsp3) is 0.176. The van der Waals surface area contributed by atoms with Gasteiger partial charge in [0.1, 0.15) is 11.5 Å². The van der Waals surface area contributed by atoms with E-state index in [-0.39, 0.29) is 22.9 Å². The smallest absolute Gasteiger partial charge is 0.180 e. The molecule has 4 nitrogen and oxygen atoms in total. The number of methoxy groups -OCH3 is 1. The standard InChI is InChI=1S/C17H13ClF2N2O2/c1-24-17-14(20)8-11(10-4-5-21-16(10)17)15(22-23)7-9-2-3-13(19)12(18)6-9/h2-3,5-6,8,23H,4,7H2,1H3/b22-15+. The summed E-state index contributed by atoms with van der Waals surface area (Å²) in [5, 5.41) is 12.7. The van der Waals surface area contributed by atoms with Gasteiger partial charge in [-0.1, -0.05) is 22.8 Å². The molecule has 2 aromatic carbocycles. The number of halogens is 3. The van der Waals surface area contributed by atoms with E-state index in [2.05, 4.69) is 10.1 Å². The van der Waals surface area contributed by atoms with Gasteiger partial charge in [-0.2, -0.15) is 0 Å². The predicted molar refractivity (Wildman–Crippen MR) is 88.2 cm³/mol. The molecule has 24 heavy (non-hydrogen) atoms. The average Bonchev–Trinajstić information content (AvgIpc) is 3.04. The quantitative estimate of drug-likeness (QED) is 0.507. The summed E-state index contributed by atoms with van der Waals surface area (Å²) in [6.45, 7) is 0. The summed E-state index contributed by atoms with van der Waals surface area (Å²) in [5.41, 5.74) is 2.42. The molecule has 0 unspecified atom stereocenters. The summed E-state index contributed by atoms with van der Waals surface area (Å²) in [6, 6.07) is 5.46. The molecular weight excluding hydrogens is 338 g/mol. The Balaban J connectivity index is 2.02. The SMILES string of the molecule is COc1c(F)cc(/C(Cc2ccc(F)c(Cl)c2)=N/O)c2c1N=CC2. The lowest BCUT2D eigenvalue weighted by Crippen LogP contribution is -2.10. The Morgan fingerprint density at radius 3 is 2.79 bits per heavy atom. The minimum atomic E-state index is -0.594. The highest BCUT2D eigenvalue weighted by atomic mass is 35.5. The number of oxime groups is 1. The molecule has 1 N–H and O–H groups in total. The van der Waals surface area contributed by atoms with Crippen LogP contribution in [-0.4, -0.2) is 24.2 Å². The Bertz CT molecular complexity index is 866. The molecular formula is C17H13ClF2N2O2. The maximum absolute atomic E-state index is 14.3. The molecule has 0 bridgehead atoms. The van der Waals surface area contributed by atoms with Crippen molar-refractivity contribution >= 4 is 29.2 Å². The van der Waals surface area contributed by atoms with E-state index >= 15 is 0 Å². The zero-order valence-electron chi connectivity index (χ0n) is 12.7. The van der Waals surface area contributed by atoms with E-state index in [4.69, 9.17) is 16.3 Å². The van der Waals surface area contributed by atoms with Crippen molar-refractivity contribution in [1.29, 1.82) is 0 Å².